The van der Waals surface area contributed by atoms with E-state index in [0.717, 1.165) is 32.5 Å². The van der Waals surface area contributed by atoms with Crippen LogP contribution in [0.3, 0.4) is 0 Å². The smallest absolute Gasteiger partial charge is 0.289 e. The number of amides is 1. The number of piperidine rings is 2. The van der Waals surface area contributed by atoms with Crippen molar-refractivity contribution in [1.82, 2.24) is 23.7 Å². The maximum atomic E-state index is 12.8. The predicted octanol–water partition coefficient (Wildman–Crippen LogP) is 0.772. The van der Waals surface area contributed by atoms with Gasteiger partial charge >= 0.3 is 0 Å². The summed E-state index contributed by atoms with van der Waals surface area (Å²) in [6, 6.07) is -0.164. The number of imidazole rings is 1. The maximum absolute atomic E-state index is 12.8. The van der Waals surface area contributed by atoms with Crippen LogP contribution in [0.2, 0.25) is 0 Å². The van der Waals surface area contributed by atoms with E-state index in [9.17, 15) is 13.2 Å². The molecule has 3 rings (SSSR count). The van der Waals surface area contributed by atoms with Crippen molar-refractivity contribution >= 4 is 15.9 Å². The van der Waals surface area contributed by atoms with Gasteiger partial charge < -0.3 is 14.4 Å². The van der Waals surface area contributed by atoms with Crippen molar-refractivity contribution in [2.45, 2.75) is 38.1 Å². The van der Waals surface area contributed by atoms with E-state index < -0.39 is 10.0 Å². The van der Waals surface area contributed by atoms with E-state index >= 15 is 0 Å². The van der Waals surface area contributed by atoms with Crippen LogP contribution in [0, 0.1) is 0 Å². The number of hydrogen-bond acceptors (Lipinski definition) is 5. The van der Waals surface area contributed by atoms with Crippen LogP contribution in [0.15, 0.2) is 12.4 Å². The molecule has 0 saturated carbocycles. The van der Waals surface area contributed by atoms with Crippen molar-refractivity contribution in [3.05, 3.63) is 18.2 Å². The van der Waals surface area contributed by atoms with Crippen LogP contribution in [0.25, 0.3) is 0 Å². The number of sulfonamides is 1. The zero-order valence-corrected chi connectivity index (χ0v) is 17.2. The summed E-state index contributed by atoms with van der Waals surface area (Å²) < 4.78 is 28.2. The van der Waals surface area contributed by atoms with Gasteiger partial charge in [0.05, 0.1) is 6.26 Å². The fraction of sp³-hybridized carbons (Fsp3) is 0.778. The van der Waals surface area contributed by atoms with E-state index in [4.69, 9.17) is 0 Å². The molecule has 9 heteroatoms. The third-order valence-corrected chi connectivity index (χ3v) is 6.95. The van der Waals surface area contributed by atoms with Crippen molar-refractivity contribution in [3.8, 4) is 0 Å². The molecule has 2 aliphatic rings. The summed E-state index contributed by atoms with van der Waals surface area (Å²) in [6.45, 7) is 4.42. The summed E-state index contributed by atoms with van der Waals surface area (Å²) in [6.07, 6.45) is 9.87. The lowest BCUT2D eigenvalue weighted by Crippen LogP contribution is -2.53. The van der Waals surface area contributed by atoms with Gasteiger partial charge in [-0.1, -0.05) is 6.42 Å². The summed E-state index contributed by atoms with van der Waals surface area (Å²) in [7, 11) is -1.53. The second-order valence-corrected chi connectivity index (χ2v) is 9.62. The first-order chi connectivity index (χ1) is 12.9. The Morgan fingerprint density at radius 1 is 1.22 bits per heavy atom. The van der Waals surface area contributed by atoms with E-state index in [1.54, 1.807) is 33.2 Å². The molecule has 0 N–H and O–H groups in total. The lowest BCUT2D eigenvalue weighted by Gasteiger charge is -2.39. The van der Waals surface area contributed by atoms with Gasteiger partial charge in [-0.3, -0.25) is 4.79 Å². The third kappa shape index (κ3) is 5.08. The molecule has 0 spiro atoms. The number of aryl methyl sites for hydroxylation is 1. The number of aromatic nitrogens is 2. The molecular formula is C18H31N5O3S. The summed E-state index contributed by atoms with van der Waals surface area (Å²) in [5.74, 6) is 0.270. The summed E-state index contributed by atoms with van der Waals surface area (Å²) >= 11 is 0. The lowest BCUT2D eigenvalue weighted by molar-refractivity contribution is 0.0631. The quantitative estimate of drug-likeness (QED) is 0.709. The Bertz CT molecular complexity index is 742. The number of hydrogen-bond donors (Lipinski definition) is 0. The molecule has 1 atom stereocenters. The first-order valence-electron chi connectivity index (χ1n) is 9.82. The van der Waals surface area contributed by atoms with Crippen LogP contribution in [0.4, 0.5) is 0 Å². The second-order valence-electron chi connectivity index (χ2n) is 7.68. The molecule has 152 valence electrons. The van der Waals surface area contributed by atoms with E-state index in [1.165, 1.54) is 25.5 Å². The van der Waals surface area contributed by atoms with E-state index in [2.05, 4.69) is 9.88 Å². The minimum atomic E-state index is -3.33. The number of carbonyl (C=O) groups excluding carboxylic acids is 1. The van der Waals surface area contributed by atoms with Gasteiger partial charge in [0.1, 0.15) is 0 Å². The van der Waals surface area contributed by atoms with Gasteiger partial charge in [-0.05, 0) is 38.8 Å². The molecule has 2 fully saturated rings. The average Bonchev–Trinajstić information content (AvgIpc) is 3.07. The Labute approximate surface area is 162 Å². The number of nitrogens with zero attached hydrogens (tertiary/aromatic N) is 5. The van der Waals surface area contributed by atoms with Gasteiger partial charge in [-0.25, -0.2) is 13.4 Å². The minimum absolute atomic E-state index is 0.128. The standard InChI is InChI=1S/C18H31N5O3S/c1-20-12-8-19-17(20)18(24)22-11-6-7-16(15-22)23(27(2,25)26)14-13-21-9-4-3-5-10-21/h8,12,16H,3-7,9-11,13-15H2,1-2H3. The van der Waals surface area contributed by atoms with Crippen molar-refractivity contribution in [3.63, 3.8) is 0 Å². The largest absolute Gasteiger partial charge is 0.334 e. The lowest BCUT2D eigenvalue weighted by atomic mass is 10.1. The molecule has 1 amide bonds. The first kappa shape index (κ1) is 20.3. The Hall–Kier alpha value is -1.45. The number of carbonyl (C=O) groups is 1. The molecule has 0 aliphatic carbocycles. The van der Waals surface area contributed by atoms with Crippen LogP contribution in [0.5, 0.6) is 0 Å². The highest BCUT2D eigenvalue weighted by Crippen LogP contribution is 2.20. The molecule has 1 unspecified atom stereocenters. The third-order valence-electron chi connectivity index (χ3n) is 5.61. The topological polar surface area (TPSA) is 78.8 Å². The molecule has 1 aromatic heterocycles. The Morgan fingerprint density at radius 2 is 1.96 bits per heavy atom. The van der Waals surface area contributed by atoms with Gasteiger partial charge in [-0.2, -0.15) is 4.31 Å². The first-order valence-corrected chi connectivity index (χ1v) is 11.7. The fourth-order valence-electron chi connectivity index (χ4n) is 4.13. The molecule has 2 aliphatic heterocycles. The highest BCUT2D eigenvalue weighted by Gasteiger charge is 2.33. The summed E-state index contributed by atoms with van der Waals surface area (Å²) in [4.78, 5) is 21.0. The second kappa shape index (κ2) is 8.70. The molecule has 0 aromatic carbocycles. The van der Waals surface area contributed by atoms with Crippen LogP contribution >= 0.6 is 0 Å². The van der Waals surface area contributed by atoms with Gasteiger partial charge in [-0.15, -0.1) is 0 Å². The molecule has 0 bridgehead atoms. The molecule has 2 saturated heterocycles. The van der Waals surface area contributed by atoms with Gasteiger partial charge in [0.25, 0.3) is 5.91 Å². The molecular weight excluding hydrogens is 366 g/mol. The van der Waals surface area contributed by atoms with Crippen molar-refractivity contribution < 1.29 is 13.2 Å². The summed E-state index contributed by atoms with van der Waals surface area (Å²) in [5, 5.41) is 0. The van der Waals surface area contributed by atoms with Gasteiger partial charge in [0.2, 0.25) is 10.0 Å². The zero-order chi connectivity index (χ0) is 19.4. The number of likely N-dealkylation sites (tertiary alicyclic amines) is 2. The number of rotatable bonds is 6. The van der Waals surface area contributed by atoms with Gasteiger partial charge in [0, 0.05) is 51.7 Å². The Kier molecular flexibility index (Phi) is 6.54. The SMILES string of the molecule is Cn1ccnc1C(=O)N1CCCC(N(CCN2CCCCC2)S(C)(=O)=O)C1. The van der Waals surface area contributed by atoms with Gasteiger partial charge in [0.15, 0.2) is 5.82 Å². The average molecular weight is 398 g/mol. The predicted molar refractivity (Wildman–Crippen MR) is 104 cm³/mol. The monoisotopic (exact) mass is 397 g/mol. The molecule has 27 heavy (non-hydrogen) atoms. The fourth-order valence-corrected chi connectivity index (χ4v) is 5.26. The van der Waals surface area contributed by atoms with Crippen LogP contribution in [-0.2, 0) is 17.1 Å². The highest BCUT2D eigenvalue weighted by molar-refractivity contribution is 7.88. The summed E-state index contributed by atoms with van der Waals surface area (Å²) in [5.41, 5.74) is 0. The Morgan fingerprint density at radius 3 is 2.59 bits per heavy atom. The normalized spacial score (nSPS) is 22.3. The molecule has 3 heterocycles. The minimum Gasteiger partial charge on any atom is -0.334 e. The van der Waals surface area contributed by atoms with Crippen LogP contribution < -0.4 is 0 Å². The molecule has 8 nitrogen and oxygen atoms in total. The van der Waals surface area contributed by atoms with E-state index in [-0.39, 0.29) is 11.9 Å². The van der Waals surface area contributed by atoms with Crippen LogP contribution in [-0.4, -0.2) is 89.5 Å². The van der Waals surface area contributed by atoms with Crippen LogP contribution in [0.1, 0.15) is 42.7 Å². The molecule has 1 aromatic rings. The highest BCUT2D eigenvalue weighted by atomic mass is 32.2. The Balaban J connectivity index is 1.66. The van der Waals surface area contributed by atoms with Crippen molar-refractivity contribution in [1.29, 1.82) is 0 Å². The van der Waals surface area contributed by atoms with Crippen molar-refractivity contribution in [2.75, 3.05) is 45.5 Å². The van der Waals surface area contributed by atoms with E-state index in [1.807, 2.05) is 0 Å². The maximum Gasteiger partial charge on any atom is 0.289 e. The molecule has 0 radical (unpaired) electrons. The van der Waals surface area contributed by atoms with Crippen molar-refractivity contribution in [2.24, 2.45) is 7.05 Å². The zero-order valence-electron chi connectivity index (χ0n) is 16.4. The van der Waals surface area contributed by atoms with E-state index in [0.29, 0.717) is 25.5 Å².